The van der Waals surface area contributed by atoms with Crippen LogP contribution >= 0.6 is 0 Å². The summed E-state index contributed by atoms with van der Waals surface area (Å²) in [6.07, 6.45) is 1.46. The van der Waals surface area contributed by atoms with Gasteiger partial charge in [-0.25, -0.2) is 14.0 Å². The van der Waals surface area contributed by atoms with E-state index in [0.29, 0.717) is 0 Å². The van der Waals surface area contributed by atoms with Crippen molar-refractivity contribution >= 4 is 17.2 Å². The van der Waals surface area contributed by atoms with E-state index in [4.69, 9.17) is 4.74 Å². The van der Waals surface area contributed by atoms with Crippen molar-refractivity contribution in [3.63, 3.8) is 0 Å². The summed E-state index contributed by atoms with van der Waals surface area (Å²) in [7, 11) is 1.67. The first-order valence-electron chi connectivity index (χ1n) is 10.4. The maximum atomic E-state index is 12.6. The topological polar surface area (TPSA) is 72.6 Å². The number of carbonyl (C=O) groups is 1. The third-order valence-corrected chi connectivity index (χ3v) is 5.86. The highest BCUT2D eigenvalue weighted by Crippen LogP contribution is 2.23. The molecule has 0 N–H and O–H groups in total. The molecular weight excluding hydrogens is 394 g/mol. The molecule has 0 saturated carbocycles. The van der Waals surface area contributed by atoms with Crippen molar-refractivity contribution in [3.05, 3.63) is 65.3 Å². The fourth-order valence-electron chi connectivity index (χ4n) is 3.77. The number of carbonyl (C=O) groups excluding carboxylic acids is 1. The molecule has 0 aliphatic carbocycles. The number of piperazine rings is 1. The minimum Gasteiger partial charge on any atom is -0.497 e. The highest BCUT2D eigenvalue weighted by atomic mass is 16.5. The van der Waals surface area contributed by atoms with Crippen LogP contribution in [0.2, 0.25) is 0 Å². The molecule has 1 aliphatic rings. The number of aromatic nitrogens is 3. The van der Waals surface area contributed by atoms with Crippen molar-refractivity contribution < 1.29 is 9.53 Å². The summed E-state index contributed by atoms with van der Waals surface area (Å²) in [4.78, 5) is 28.9. The molecule has 8 nitrogen and oxygen atoms in total. The Hall–Kier alpha value is -3.55. The van der Waals surface area contributed by atoms with Crippen LogP contribution in [0.3, 0.4) is 0 Å². The smallest absolute Gasteiger partial charge is 0.351 e. The predicted octanol–water partition coefficient (Wildman–Crippen LogP) is 2.52. The first kappa shape index (κ1) is 20.7. The minimum absolute atomic E-state index is 0.100. The number of ketones is 1. The number of hydrogen-bond acceptors (Lipinski definition) is 6. The molecule has 8 heteroatoms. The number of methoxy groups -OCH3 is 1. The third-order valence-electron chi connectivity index (χ3n) is 5.86. The average molecular weight is 422 g/mol. The second-order valence-electron chi connectivity index (χ2n) is 7.70. The van der Waals surface area contributed by atoms with E-state index in [2.05, 4.69) is 27.0 Å². The molecule has 1 fully saturated rings. The van der Waals surface area contributed by atoms with Gasteiger partial charge in [0.15, 0.2) is 5.78 Å². The lowest BCUT2D eigenvalue weighted by atomic mass is 10.2. The quantitative estimate of drug-likeness (QED) is 0.609. The van der Waals surface area contributed by atoms with Gasteiger partial charge < -0.3 is 14.5 Å². The number of hydrogen-bond donors (Lipinski definition) is 0. The van der Waals surface area contributed by atoms with Crippen LogP contribution in [0, 0.1) is 0 Å². The van der Waals surface area contributed by atoms with Crippen LogP contribution in [-0.2, 0) is 4.79 Å². The van der Waals surface area contributed by atoms with Crippen LogP contribution < -0.4 is 20.2 Å². The van der Waals surface area contributed by atoms with Gasteiger partial charge in [0.05, 0.1) is 12.8 Å². The molecule has 2 aromatic carbocycles. The summed E-state index contributed by atoms with van der Waals surface area (Å²) in [5.74, 6) is 0.763. The Morgan fingerprint density at radius 2 is 1.39 bits per heavy atom. The van der Waals surface area contributed by atoms with Gasteiger partial charge in [-0.2, -0.15) is 5.10 Å². The summed E-state index contributed by atoms with van der Waals surface area (Å²) in [5.41, 5.74) is 2.74. The molecule has 3 aromatic rings. The molecule has 1 aliphatic heterocycles. The van der Waals surface area contributed by atoms with Crippen molar-refractivity contribution in [1.82, 2.24) is 14.3 Å². The van der Waals surface area contributed by atoms with Gasteiger partial charge >= 0.3 is 5.69 Å². The summed E-state index contributed by atoms with van der Waals surface area (Å²) in [6, 6.07) is 15.5. The molecular formula is C23H27N5O3. The average Bonchev–Trinajstić information content (AvgIpc) is 3.20. The molecule has 31 heavy (non-hydrogen) atoms. The molecule has 0 spiro atoms. The molecule has 1 saturated heterocycles. The number of nitrogens with zero attached hydrogens (tertiary/aromatic N) is 5. The lowest BCUT2D eigenvalue weighted by Gasteiger charge is -2.37. The maximum Gasteiger partial charge on any atom is 0.351 e. The van der Waals surface area contributed by atoms with Crippen LogP contribution in [0.15, 0.2) is 59.7 Å². The van der Waals surface area contributed by atoms with E-state index in [1.807, 2.05) is 36.4 Å². The Bertz CT molecular complexity index is 1090. The summed E-state index contributed by atoms with van der Waals surface area (Å²) < 4.78 is 7.92. The van der Waals surface area contributed by atoms with E-state index in [1.165, 1.54) is 28.2 Å². The molecule has 162 valence electrons. The van der Waals surface area contributed by atoms with Crippen LogP contribution in [0.25, 0.3) is 5.69 Å². The van der Waals surface area contributed by atoms with Crippen LogP contribution in [0.4, 0.5) is 11.4 Å². The number of benzene rings is 2. The first-order valence-corrected chi connectivity index (χ1v) is 10.4. The van der Waals surface area contributed by atoms with Crippen molar-refractivity contribution in [3.8, 4) is 11.4 Å². The normalized spacial score (nSPS) is 15.1. The van der Waals surface area contributed by atoms with Crippen molar-refractivity contribution in [1.29, 1.82) is 0 Å². The summed E-state index contributed by atoms with van der Waals surface area (Å²) >= 11 is 0. The number of rotatable bonds is 6. The zero-order valence-corrected chi connectivity index (χ0v) is 18.1. The molecule has 0 unspecified atom stereocenters. The van der Waals surface area contributed by atoms with Gasteiger partial charge in [0.2, 0.25) is 0 Å². The van der Waals surface area contributed by atoms with Gasteiger partial charge in [0.25, 0.3) is 0 Å². The van der Waals surface area contributed by atoms with Gasteiger partial charge in [-0.05, 0) is 62.4 Å². The molecule has 1 atom stereocenters. The molecule has 1 aromatic heterocycles. The SMILES string of the molecule is COc1ccc(N2CCN(c3ccc(-n4cnn([C@H](C)C(C)=O)c4=O)cc3)CC2)cc1. The van der Waals surface area contributed by atoms with Crippen molar-refractivity contribution in [2.45, 2.75) is 19.9 Å². The van der Waals surface area contributed by atoms with Gasteiger partial charge in [-0.3, -0.25) is 4.79 Å². The highest BCUT2D eigenvalue weighted by Gasteiger charge is 2.19. The third kappa shape index (κ3) is 4.19. The number of anilines is 2. The van der Waals surface area contributed by atoms with E-state index < -0.39 is 6.04 Å². The lowest BCUT2D eigenvalue weighted by Crippen LogP contribution is -2.46. The lowest BCUT2D eigenvalue weighted by molar-refractivity contribution is -0.119. The van der Waals surface area contributed by atoms with Gasteiger partial charge in [0.1, 0.15) is 18.1 Å². The van der Waals surface area contributed by atoms with E-state index in [1.54, 1.807) is 14.0 Å². The van der Waals surface area contributed by atoms with Crippen LogP contribution in [0.1, 0.15) is 19.9 Å². The second kappa shape index (κ2) is 8.67. The Labute approximate surface area is 181 Å². The van der Waals surface area contributed by atoms with E-state index in [0.717, 1.165) is 43.3 Å². The second-order valence-corrected chi connectivity index (χ2v) is 7.70. The molecule has 0 radical (unpaired) electrons. The molecule has 0 bridgehead atoms. The van der Waals surface area contributed by atoms with Crippen molar-refractivity contribution in [2.75, 3.05) is 43.1 Å². The molecule has 0 amide bonds. The van der Waals surface area contributed by atoms with E-state index >= 15 is 0 Å². The summed E-state index contributed by atoms with van der Waals surface area (Å²) in [5, 5.41) is 4.10. The van der Waals surface area contributed by atoms with Crippen LogP contribution in [0.5, 0.6) is 5.75 Å². The standard InChI is InChI=1S/C23H27N5O3/c1-17(18(2)29)28-23(30)27(16-24-28)21-6-4-19(5-7-21)25-12-14-26(15-13-25)20-8-10-22(31-3)11-9-20/h4-11,16-17H,12-15H2,1-3H3/t17-/m1/s1. The Morgan fingerprint density at radius 1 is 0.903 bits per heavy atom. The first-order chi connectivity index (χ1) is 15.0. The Kier molecular flexibility index (Phi) is 5.79. The largest absolute Gasteiger partial charge is 0.497 e. The van der Waals surface area contributed by atoms with Gasteiger partial charge in [-0.15, -0.1) is 0 Å². The van der Waals surface area contributed by atoms with E-state index in [9.17, 15) is 9.59 Å². The zero-order valence-electron chi connectivity index (χ0n) is 18.1. The predicted molar refractivity (Wildman–Crippen MR) is 121 cm³/mol. The molecule has 4 rings (SSSR count). The van der Waals surface area contributed by atoms with Crippen LogP contribution in [-0.4, -0.2) is 53.4 Å². The van der Waals surface area contributed by atoms with Gasteiger partial charge in [0, 0.05) is 37.6 Å². The van der Waals surface area contributed by atoms with E-state index in [-0.39, 0.29) is 11.5 Å². The maximum absolute atomic E-state index is 12.6. The Morgan fingerprint density at radius 3 is 1.87 bits per heavy atom. The molecule has 2 heterocycles. The van der Waals surface area contributed by atoms with Gasteiger partial charge in [-0.1, -0.05) is 0 Å². The number of Topliss-reactive ketones (excluding diaryl/α,β-unsaturated/α-hetero) is 1. The number of ether oxygens (including phenoxy) is 1. The monoisotopic (exact) mass is 421 g/mol. The zero-order chi connectivity index (χ0) is 22.0. The summed E-state index contributed by atoms with van der Waals surface area (Å²) in [6.45, 7) is 6.83. The fourth-order valence-corrected chi connectivity index (χ4v) is 3.77. The minimum atomic E-state index is -0.574. The highest BCUT2D eigenvalue weighted by molar-refractivity contribution is 5.79. The van der Waals surface area contributed by atoms with Crippen molar-refractivity contribution in [2.24, 2.45) is 0 Å². The fraction of sp³-hybridized carbons (Fsp3) is 0.348. The Balaban J connectivity index is 1.42.